The quantitative estimate of drug-likeness (QED) is 0.757. The SMILES string of the molecule is CC(=O)CCN(C)c1ncc(CC(C)C)cn1. The van der Waals surface area contributed by atoms with Crippen LogP contribution in [-0.4, -0.2) is 29.3 Å². The monoisotopic (exact) mass is 235 g/mol. The first-order valence-electron chi connectivity index (χ1n) is 6.00. The fourth-order valence-electron chi connectivity index (χ4n) is 1.55. The zero-order chi connectivity index (χ0) is 12.8. The number of anilines is 1. The molecule has 0 spiro atoms. The number of ketones is 1. The van der Waals surface area contributed by atoms with E-state index in [0.717, 1.165) is 12.0 Å². The Kier molecular flexibility index (Phi) is 5.07. The van der Waals surface area contributed by atoms with E-state index >= 15 is 0 Å². The number of nitrogens with zero attached hydrogens (tertiary/aromatic N) is 3. The Bertz CT molecular complexity index is 359. The van der Waals surface area contributed by atoms with Gasteiger partial charge in [0.2, 0.25) is 5.95 Å². The predicted molar refractivity (Wildman–Crippen MR) is 69.1 cm³/mol. The van der Waals surface area contributed by atoms with E-state index in [4.69, 9.17) is 0 Å². The van der Waals surface area contributed by atoms with Crippen molar-refractivity contribution in [2.24, 2.45) is 5.92 Å². The average molecular weight is 235 g/mol. The largest absolute Gasteiger partial charge is 0.343 e. The van der Waals surface area contributed by atoms with E-state index in [2.05, 4.69) is 23.8 Å². The molecule has 0 saturated carbocycles. The second-order valence-corrected chi connectivity index (χ2v) is 4.86. The first-order chi connectivity index (χ1) is 7.99. The molecule has 0 bridgehead atoms. The highest BCUT2D eigenvalue weighted by atomic mass is 16.1. The molecular formula is C13H21N3O. The van der Waals surface area contributed by atoms with Crippen molar-refractivity contribution in [1.82, 2.24) is 9.97 Å². The van der Waals surface area contributed by atoms with E-state index in [1.807, 2.05) is 24.3 Å². The molecule has 0 N–H and O–H groups in total. The van der Waals surface area contributed by atoms with E-state index in [0.29, 0.717) is 24.8 Å². The molecule has 0 aliphatic carbocycles. The minimum Gasteiger partial charge on any atom is -0.343 e. The highest BCUT2D eigenvalue weighted by Crippen LogP contribution is 2.09. The van der Waals surface area contributed by atoms with E-state index in [1.54, 1.807) is 6.92 Å². The van der Waals surface area contributed by atoms with E-state index in [9.17, 15) is 4.79 Å². The van der Waals surface area contributed by atoms with Crippen LogP contribution >= 0.6 is 0 Å². The second kappa shape index (κ2) is 6.33. The van der Waals surface area contributed by atoms with Crippen molar-refractivity contribution in [3.05, 3.63) is 18.0 Å². The minimum absolute atomic E-state index is 0.188. The summed E-state index contributed by atoms with van der Waals surface area (Å²) in [7, 11) is 1.90. The van der Waals surface area contributed by atoms with Gasteiger partial charge in [-0.15, -0.1) is 0 Å². The number of hydrogen-bond donors (Lipinski definition) is 0. The van der Waals surface area contributed by atoms with Crippen LogP contribution in [0.3, 0.4) is 0 Å². The van der Waals surface area contributed by atoms with Crippen molar-refractivity contribution in [3.8, 4) is 0 Å². The minimum atomic E-state index is 0.188. The maximum absolute atomic E-state index is 10.9. The molecule has 0 aliphatic heterocycles. The zero-order valence-electron chi connectivity index (χ0n) is 11.1. The summed E-state index contributed by atoms with van der Waals surface area (Å²) in [5.74, 6) is 1.48. The first kappa shape index (κ1) is 13.6. The Labute approximate surface area is 103 Å². The van der Waals surface area contributed by atoms with Gasteiger partial charge in [-0.05, 0) is 24.8 Å². The van der Waals surface area contributed by atoms with Gasteiger partial charge in [0.05, 0.1) is 0 Å². The van der Waals surface area contributed by atoms with Crippen molar-refractivity contribution in [3.63, 3.8) is 0 Å². The number of aromatic nitrogens is 2. The molecule has 17 heavy (non-hydrogen) atoms. The second-order valence-electron chi connectivity index (χ2n) is 4.86. The first-order valence-corrected chi connectivity index (χ1v) is 6.00. The molecule has 0 atom stereocenters. The Morgan fingerprint density at radius 1 is 1.35 bits per heavy atom. The van der Waals surface area contributed by atoms with Crippen LogP contribution in [0.1, 0.15) is 32.8 Å². The van der Waals surface area contributed by atoms with Crippen molar-refractivity contribution in [1.29, 1.82) is 0 Å². The topological polar surface area (TPSA) is 46.1 Å². The molecule has 0 amide bonds. The molecule has 1 aromatic rings. The summed E-state index contributed by atoms with van der Waals surface area (Å²) in [6.07, 6.45) is 5.27. The summed E-state index contributed by atoms with van der Waals surface area (Å²) < 4.78 is 0. The summed E-state index contributed by atoms with van der Waals surface area (Å²) in [5.41, 5.74) is 1.16. The smallest absolute Gasteiger partial charge is 0.225 e. The lowest BCUT2D eigenvalue weighted by atomic mass is 10.1. The van der Waals surface area contributed by atoms with Gasteiger partial charge in [-0.2, -0.15) is 0 Å². The van der Waals surface area contributed by atoms with Crippen LogP contribution in [0.4, 0.5) is 5.95 Å². The predicted octanol–water partition coefficient (Wildman–Crippen LogP) is 2.09. The Morgan fingerprint density at radius 3 is 2.41 bits per heavy atom. The Hall–Kier alpha value is -1.45. The molecule has 1 aromatic heterocycles. The van der Waals surface area contributed by atoms with Gasteiger partial charge in [0.1, 0.15) is 5.78 Å². The third kappa shape index (κ3) is 4.93. The molecule has 0 saturated heterocycles. The highest BCUT2D eigenvalue weighted by molar-refractivity contribution is 5.75. The van der Waals surface area contributed by atoms with Gasteiger partial charge in [-0.25, -0.2) is 9.97 Å². The number of carbonyl (C=O) groups excluding carboxylic acids is 1. The molecule has 0 aliphatic rings. The molecule has 0 aromatic carbocycles. The number of rotatable bonds is 6. The molecule has 0 unspecified atom stereocenters. The van der Waals surface area contributed by atoms with Crippen LogP contribution in [-0.2, 0) is 11.2 Å². The van der Waals surface area contributed by atoms with Gasteiger partial charge in [0, 0.05) is 32.4 Å². The van der Waals surface area contributed by atoms with Crippen molar-refractivity contribution in [2.75, 3.05) is 18.5 Å². The van der Waals surface area contributed by atoms with Crippen LogP contribution in [0.25, 0.3) is 0 Å². The van der Waals surface area contributed by atoms with E-state index < -0.39 is 0 Å². The number of hydrogen-bond acceptors (Lipinski definition) is 4. The van der Waals surface area contributed by atoms with Crippen LogP contribution in [0.15, 0.2) is 12.4 Å². The molecule has 94 valence electrons. The van der Waals surface area contributed by atoms with Gasteiger partial charge >= 0.3 is 0 Å². The summed E-state index contributed by atoms with van der Waals surface area (Å²) in [4.78, 5) is 21.4. The van der Waals surface area contributed by atoms with Gasteiger partial charge in [-0.3, -0.25) is 4.79 Å². The van der Waals surface area contributed by atoms with Crippen molar-refractivity contribution >= 4 is 11.7 Å². The summed E-state index contributed by atoms with van der Waals surface area (Å²) >= 11 is 0. The number of Topliss-reactive ketones (excluding diaryl/α,β-unsaturated/α-hetero) is 1. The fraction of sp³-hybridized carbons (Fsp3) is 0.615. The number of carbonyl (C=O) groups is 1. The van der Waals surface area contributed by atoms with Crippen molar-refractivity contribution in [2.45, 2.75) is 33.6 Å². The van der Waals surface area contributed by atoms with Crippen LogP contribution < -0.4 is 4.90 Å². The zero-order valence-corrected chi connectivity index (χ0v) is 11.1. The van der Waals surface area contributed by atoms with Crippen LogP contribution in [0.2, 0.25) is 0 Å². The maximum atomic E-state index is 10.9. The van der Waals surface area contributed by atoms with Gasteiger partial charge in [-0.1, -0.05) is 13.8 Å². The summed E-state index contributed by atoms with van der Waals surface area (Å²) in [5, 5.41) is 0. The highest BCUT2D eigenvalue weighted by Gasteiger charge is 2.06. The van der Waals surface area contributed by atoms with Crippen LogP contribution in [0, 0.1) is 5.92 Å². The van der Waals surface area contributed by atoms with E-state index in [1.165, 1.54) is 0 Å². The molecule has 4 nitrogen and oxygen atoms in total. The van der Waals surface area contributed by atoms with Gasteiger partial charge in [0.15, 0.2) is 0 Å². The normalized spacial score (nSPS) is 10.6. The molecular weight excluding hydrogens is 214 g/mol. The summed E-state index contributed by atoms with van der Waals surface area (Å²) in [6, 6.07) is 0. The lowest BCUT2D eigenvalue weighted by molar-refractivity contribution is -0.116. The maximum Gasteiger partial charge on any atom is 0.225 e. The van der Waals surface area contributed by atoms with Gasteiger partial charge in [0.25, 0.3) is 0 Å². The molecule has 1 heterocycles. The Balaban J connectivity index is 2.57. The molecule has 0 fully saturated rings. The lowest BCUT2D eigenvalue weighted by Crippen LogP contribution is -2.22. The average Bonchev–Trinajstić information content (AvgIpc) is 2.26. The Morgan fingerprint density at radius 2 is 1.94 bits per heavy atom. The molecule has 4 heteroatoms. The standard InChI is InChI=1S/C13H21N3O/c1-10(2)7-12-8-14-13(15-9-12)16(4)6-5-11(3)17/h8-10H,5-7H2,1-4H3. The van der Waals surface area contributed by atoms with Gasteiger partial charge < -0.3 is 4.90 Å². The summed E-state index contributed by atoms with van der Waals surface area (Å²) in [6.45, 7) is 6.61. The fourth-order valence-corrected chi connectivity index (χ4v) is 1.55. The molecule has 1 rings (SSSR count). The lowest BCUT2D eigenvalue weighted by Gasteiger charge is -2.16. The third-order valence-electron chi connectivity index (χ3n) is 2.48. The third-order valence-corrected chi connectivity index (χ3v) is 2.48. The van der Waals surface area contributed by atoms with E-state index in [-0.39, 0.29) is 5.78 Å². The molecule has 0 radical (unpaired) electrons. The van der Waals surface area contributed by atoms with Crippen molar-refractivity contribution < 1.29 is 4.79 Å². The van der Waals surface area contributed by atoms with Crippen LogP contribution in [0.5, 0.6) is 0 Å².